The van der Waals surface area contributed by atoms with E-state index in [0.29, 0.717) is 43.5 Å². The Morgan fingerprint density at radius 2 is 0.897 bits per heavy atom. The predicted octanol–water partition coefficient (Wildman–Crippen LogP) is 7.93. The lowest BCUT2D eigenvalue weighted by atomic mass is 9.73. The van der Waals surface area contributed by atoms with Crippen molar-refractivity contribution in [3.8, 4) is 0 Å². The molecule has 0 aliphatic carbocycles. The van der Waals surface area contributed by atoms with Crippen molar-refractivity contribution in [2.75, 3.05) is 26.4 Å². The van der Waals surface area contributed by atoms with Gasteiger partial charge in [0.1, 0.15) is 6.61 Å². The molecule has 3 nitrogen and oxygen atoms in total. The monoisotopic (exact) mass is 414 g/mol. The van der Waals surface area contributed by atoms with Crippen LogP contribution in [0, 0.1) is 34.5 Å². The fourth-order valence-electron chi connectivity index (χ4n) is 5.26. The summed E-state index contributed by atoms with van der Waals surface area (Å²) in [4.78, 5) is 11.2. The van der Waals surface area contributed by atoms with Crippen molar-refractivity contribution >= 4 is 0 Å². The molecule has 0 fully saturated rings. The van der Waals surface area contributed by atoms with Crippen molar-refractivity contribution in [3.05, 3.63) is 0 Å². The van der Waals surface area contributed by atoms with Crippen LogP contribution in [0.15, 0.2) is 0 Å². The molecule has 0 atom stereocenters. The van der Waals surface area contributed by atoms with Crippen LogP contribution in [-0.2, 0) is 14.5 Å². The topological polar surface area (TPSA) is 27.7 Å². The lowest BCUT2D eigenvalue weighted by molar-refractivity contribution is -0.316. The summed E-state index contributed by atoms with van der Waals surface area (Å²) in [6.07, 6.45) is 7.12. The smallest absolute Gasteiger partial charge is 0.106 e. The minimum Gasteiger partial charge on any atom is -0.378 e. The Balaban J connectivity index is 4.43. The number of hydrogen-bond donors (Lipinski definition) is 0. The third kappa shape index (κ3) is 13.0. The Bertz CT molecular complexity index is 331. The van der Waals surface area contributed by atoms with Gasteiger partial charge in [-0.1, -0.05) is 69.2 Å². The van der Waals surface area contributed by atoms with Crippen LogP contribution in [0.5, 0.6) is 0 Å². The highest BCUT2D eigenvalue weighted by atomic mass is 17.2. The van der Waals surface area contributed by atoms with E-state index in [-0.39, 0.29) is 10.8 Å². The highest BCUT2D eigenvalue weighted by Crippen LogP contribution is 2.38. The molecule has 0 aromatic heterocycles. The molecule has 0 spiro atoms. The van der Waals surface area contributed by atoms with Crippen LogP contribution in [0.25, 0.3) is 0 Å². The zero-order valence-corrected chi connectivity index (χ0v) is 21.6. The van der Waals surface area contributed by atoms with Crippen molar-refractivity contribution in [2.45, 2.75) is 108 Å². The average molecular weight is 415 g/mol. The van der Waals surface area contributed by atoms with Crippen molar-refractivity contribution in [1.82, 2.24) is 0 Å². The van der Waals surface area contributed by atoms with E-state index in [2.05, 4.69) is 69.2 Å². The molecule has 0 aromatic rings. The van der Waals surface area contributed by atoms with Gasteiger partial charge in [-0.15, -0.1) is 0 Å². The highest BCUT2D eigenvalue weighted by Gasteiger charge is 2.32. The average Bonchev–Trinajstić information content (AvgIpc) is 2.58. The summed E-state index contributed by atoms with van der Waals surface area (Å²) in [6.45, 7) is 25.7. The van der Waals surface area contributed by atoms with Crippen LogP contribution in [0.4, 0.5) is 0 Å². The second-order valence-corrected chi connectivity index (χ2v) is 11.2. The van der Waals surface area contributed by atoms with Gasteiger partial charge in [-0.25, -0.2) is 9.78 Å². The van der Waals surface area contributed by atoms with Gasteiger partial charge in [0.05, 0.1) is 19.8 Å². The van der Waals surface area contributed by atoms with Gasteiger partial charge < -0.3 is 4.74 Å². The number of hydrogen-bond acceptors (Lipinski definition) is 3. The Morgan fingerprint density at radius 1 is 0.517 bits per heavy atom. The normalized spacial score (nSPS) is 13.4. The van der Waals surface area contributed by atoms with E-state index in [1.165, 1.54) is 32.1 Å². The molecule has 0 N–H and O–H groups in total. The first-order chi connectivity index (χ1) is 13.5. The van der Waals surface area contributed by atoms with Crippen molar-refractivity contribution in [2.24, 2.45) is 34.5 Å². The molecule has 0 bridgehead atoms. The summed E-state index contributed by atoms with van der Waals surface area (Å²) in [7, 11) is 0. The van der Waals surface area contributed by atoms with Crippen LogP contribution >= 0.6 is 0 Å². The zero-order chi connectivity index (χ0) is 22.5. The Kier molecular flexibility index (Phi) is 14.7. The third-order valence-electron chi connectivity index (χ3n) is 6.03. The maximum atomic E-state index is 6.07. The van der Waals surface area contributed by atoms with Crippen LogP contribution in [0.2, 0.25) is 0 Å². The summed E-state index contributed by atoms with van der Waals surface area (Å²) in [5.74, 6) is 2.73. The molecule has 0 rings (SSSR count). The van der Waals surface area contributed by atoms with Crippen molar-refractivity contribution in [1.29, 1.82) is 0 Å². The van der Waals surface area contributed by atoms with Crippen LogP contribution in [0.3, 0.4) is 0 Å². The summed E-state index contributed by atoms with van der Waals surface area (Å²) in [5, 5.41) is 0. The Morgan fingerprint density at radius 3 is 1.24 bits per heavy atom. The molecule has 0 aliphatic heterocycles. The second-order valence-electron chi connectivity index (χ2n) is 11.2. The fraction of sp³-hybridized carbons (Fsp3) is 1.00. The number of ether oxygens (including phenoxy) is 1. The van der Waals surface area contributed by atoms with Gasteiger partial charge in [0, 0.05) is 0 Å². The van der Waals surface area contributed by atoms with E-state index in [1.54, 1.807) is 0 Å². The molecule has 0 unspecified atom stereocenters. The van der Waals surface area contributed by atoms with Crippen LogP contribution in [-0.4, -0.2) is 26.4 Å². The summed E-state index contributed by atoms with van der Waals surface area (Å²) in [5.41, 5.74) is 0.504. The fourth-order valence-corrected chi connectivity index (χ4v) is 5.26. The summed E-state index contributed by atoms with van der Waals surface area (Å²) < 4.78 is 6.07. The highest BCUT2D eigenvalue weighted by molar-refractivity contribution is 4.81. The first-order valence-corrected chi connectivity index (χ1v) is 12.3. The third-order valence-corrected chi connectivity index (χ3v) is 6.03. The number of rotatable bonds is 18. The van der Waals surface area contributed by atoms with Gasteiger partial charge in [-0.3, -0.25) is 0 Å². The van der Waals surface area contributed by atoms with Gasteiger partial charge in [0.2, 0.25) is 0 Å². The molecular weight excluding hydrogens is 360 g/mol. The second kappa shape index (κ2) is 14.8. The van der Waals surface area contributed by atoms with E-state index >= 15 is 0 Å². The standard InChI is InChI=1S/C26H54O3/c1-11-25(15-21(3)4,16-22(5)6)19-27-13-14-28-29-20-26(12-2,17-23(7)8)18-24(9)10/h21-24H,11-20H2,1-10H3. The van der Waals surface area contributed by atoms with E-state index < -0.39 is 0 Å². The molecule has 0 heterocycles. The molecule has 0 amide bonds. The van der Waals surface area contributed by atoms with E-state index in [4.69, 9.17) is 14.5 Å². The van der Waals surface area contributed by atoms with Crippen molar-refractivity contribution < 1.29 is 14.5 Å². The minimum absolute atomic E-state index is 0.217. The molecule has 176 valence electrons. The maximum absolute atomic E-state index is 6.07. The van der Waals surface area contributed by atoms with Crippen molar-refractivity contribution in [3.63, 3.8) is 0 Å². The van der Waals surface area contributed by atoms with Gasteiger partial charge in [-0.05, 0) is 73.0 Å². The molecule has 0 aliphatic rings. The molecule has 0 radical (unpaired) electrons. The van der Waals surface area contributed by atoms with E-state index in [0.717, 1.165) is 13.0 Å². The van der Waals surface area contributed by atoms with Gasteiger partial charge in [-0.2, -0.15) is 0 Å². The minimum atomic E-state index is 0.217. The van der Waals surface area contributed by atoms with Crippen LogP contribution in [0.1, 0.15) is 108 Å². The maximum Gasteiger partial charge on any atom is 0.106 e. The Labute approximate surface area is 183 Å². The molecule has 3 heteroatoms. The Hall–Kier alpha value is -0.120. The van der Waals surface area contributed by atoms with E-state index in [9.17, 15) is 0 Å². The molecule has 0 saturated carbocycles. The van der Waals surface area contributed by atoms with Gasteiger partial charge >= 0.3 is 0 Å². The lowest BCUT2D eigenvalue weighted by Crippen LogP contribution is -2.31. The lowest BCUT2D eigenvalue weighted by Gasteiger charge is -2.36. The largest absolute Gasteiger partial charge is 0.378 e. The van der Waals surface area contributed by atoms with Crippen LogP contribution < -0.4 is 0 Å². The first kappa shape index (κ1) is 28.9. The molecule has 0 aromatic carbocycles. The van der Waals surface area contributed by atoms with Gasteiger partial charge in [0.25, 0.3) is 0 Å². The quantitative estimate of drug-likeness (QED) is 0.129. The van der Waals surface area contributed by atoms with E-state index in [1.807, 2.05) is 0 Å². The molecular formula is C26H54O3. The molecule has 29 heavy (non-hydrogen) atoms. The molecule has 0 saturated heterocycles. The zero-order valence-electron chi connectivity index (χ0n) is 21.6. The first-order valence-electron chi connectivity index (χ1n) is 12.3. The SMILES string of the molecule is CCC(COCCOOCC(CC)(CC(C)C)CC(C)C)(CC(C)C)CC(C)C. The summed E-state index contributed by atoms with van der Waals surface area (Å²) >= 11 is 0. The van der Waals surface area contributed by atoms with Gasteiger partial charge in [0.15, 0.2) is 0 Å². The predicted molar refractivity (Wildman–Crippen MR) is 126 cm³/mol. The summed E-state index contributed by atoms with van der Waals surface area (Å²) in [6, 6.07) is 0.